The predicted octanol–water partition coefficient (Wildman–Crippen LogP) is 1.47. The highest BCUT2D eigenvalue weighted by Gasteiger charge is 2.34. The molecule has 1 heterocycles. The number of benzene rings is 1. The molecule has 1 atom stereocenters. The van der Waals surface area contributed by atoms with Gasteiger partial charge in [0.05, 0.1) is 6.07 Å². The minimum atomic E-state index is -0.671. The summed E-state index contributed by atoms with van der Waals surface area (Å²) in [6.45, 7) is 5.34. The minimum absolute atomic E-state index is 0.269. The molecule has 1 fully saturated rings. The van der Waals surface area contributed by atoms with E-state index in [-0.39, 0.29) is 5.82 Å². The third-order valence-corrected chi connectivity index (χ3v) is 3.37. The lowest BCUT2D eigenvalue weighted by Crippen LogP contribution is -2.52. The summed E-state index contributed by atoms with van der Waals surface area (Å²) >= 11 is 0. The molecule has 0 amide bonds. The lowest BCUT2D eigenvalue weighted by atomic mass is 9.91. The number of hydrogen-bond acceptors (Lipinski definition) is 3. The molecule has 17 heavy (non-hydrogen) atoms. The van der Waals surface area contributed by atoms with Crippen LogP contribution in [0.5, 0.6) is 0 Å². The van der Waals surface area contributed by atoms with Crippen LogP contribution in [0.2, 0.25) is 0 Å². The van der Waals surface area contributed by atoms with Gasteiger partial charge in [0.25, 0.3) is 0 Å². The molecule has 4 heteroatoms. The topological polar surface area (TPSA) is 39.1 Å². The standard InChI is InChI=1S/C13H16FN3/c1-13(10-15,17-8-6-16-7-9-17)11-2-4-12(14)5-3-11/h2-5,16H,6-9H2,1H3. The summed E-state index contributed by atoms with van der Waals surface area (Å²) in [6.07, 6.45) is 0. The molecule has 1 aromatic rings. The maximum absolute atomic E-state index is 12.9. The lowest BCUT2D eigenvalue weighted by Gasteiger charge is -2.39. The van der Waals surface area contributed by atoms with Gasteiger partial charge in [-0.1, -0.05) is 12.1 Å². The Labute approximate surface area is 101 Å². The molecule has 90 valence electrons. The second kappa shape index (κ2) is 4.82. The molecule has 0 radical (unpaired) electrons. The van der Waals surface area contributed by atoms with E-state index in [9.17, 15) is 9.65 Å². The van der Waals surface area contributed by atoms with Crippen molar-refractivity contribution in [2.24, 2.45) is 0 Å². The van der Waals surface area contributed by atoms with Crippen molar-refractivity contribution in [3.8, 4) is 6.07 Å². The molecular weight excluding hydrogens is 217 g/mol. The van der Waals surface area contributed by atoms with Crippen LogP contribution in [0.1, 0.15) is 12.5 Å². The van der Waals surface area contributed by atoms with Crippen LogP contribution in [-0.2, 0) is 5.54 Å². The van der Waals surface area contributed by atoms with Gasteiger partial charge in [-0.2, -0.15) is 5.26 Å². The highest BCUT2D eigenvalue weighted by Crippen LogP contribution is 2.27. The molecule has 0 bridgehead atoms. The largest absolute Gasteiger partial charge is 0.314 e. The van der Waals surface area contributed by atoms with Crippen molar-refractivity contribution < 1.29 is 4.39 Å². The zero-order chi connectivity index (χ0) is 12.3. The van der Waals surface area contributed by atoms with Crippen LogP contribution >= 0.6 is 0 Å². The minimum Gasteiger partial charge on any atom is -0.314 e. The summed E-state index contributed by atoms with van der Waals surface area (Å²) in [6, 6.07) is 8.57. The van der Waals surface area contributed by atoms with Gasteiger partial charge in [-0.05, 0) is 24.6 Å². The molecule has 1 N–H and O–H groups in total. The van der Waals surface area contributed by atoms with E-state index in [1.165, 1.54) is 12.1 Å². The van der Waals surface area contributed by atoms with Gasteiger partial charge in [0, 0.05) is 26.2 Å². The van der Waals surface area contributed by atoms with E-state index in [1.807, 2.05) is 6.92 Å². The van der Waals surface area contributed by atoms with E-state index >= 15 is 0 Å². The quantitative estimate of drug-likeness (QED) is 0.840. The average Bonchev–Trinajstić information content (AvgIpc) is 2.40. The monoisotopic (exact) mass is 233 g/mol. The fourth-order valence-electron chi connectivity index (χ4n) is 2.20. The van der Waals surface area contributed by atoms with Crippen LogP contribution in [0.15, 0.2) is 24.3 Å². The summed E-state index contributed by atoms with van der Waals surface area (Å²) in [5.74, 6) is -0.269. The Bertz CT molecular complexity index is 417. The number of piperazine rings is 1. The first-order chi connectivity index (χ1) is 8.16. The fraction of sp³-hybridized carbons (Fsp3) is 0.462. The lowest BCUT2D eigenvalue weighted by molar-refractivity contribution is 0.132. The van der Waals surface area contributed by atoms with Crippen molar-refractivity contribution in [1.82, 2.24) is 10.2 Å². The molecular formula is C13H16FN3. The van der Waals surface area contributed by atoms with Crippen LogP contribution in [0, 0.1) is 17.1 Å². The zero-order valence-electron chi connectivity index (χ0n) is 9.91. The molecule has 3 nitrogen and oxygen atoms in total. The molecule has 1 aromatic carbocycles. The van der Waals surface area contributed by atoms with Gasteiger partial charge in [0.15, 0.2) is 0 Å². The number of halogens is 1. The summed E-state index contributed by atoms with van der Waals surface area (Å²) in [5.41, 5.74) is 0.179. The first kappa shape index (κ1) is 12.0. The molecule has 0 aromatic heterocycles. The molecule has 1 aliphatic heterocycles. The molecule has 1 unspecified atom stereocenters. The van der Waals surface area contributed by atoms with Crippen molar-refractivity contribution in [1.29, 1.82) is 5.26 Å². The summed E-state index contributed by atoms with van der Waals surface area (Å²) in [4.78, 5) is 2.14. The third-order valence-electron chi connectivity index (χ3n) is 3.37. The van der Waals surface area contributed by atoms with Crippen LogP contribution < -0.4 is 5.32 Å². The van der Waals surface area contributed by atoms with Crippen LogP contribution in [0.4, 0.5) is 4.39 Å². The average molecular weight is 233 g/mol. The molecule has 1 aliphatic rings. The molecule has 0 spiro atoms. The number of nitrogens with zero attached hydrogens (tertiary/aromatic N) is 2. The van der Waals surface area contributed by atoms with Crippen LogP contribution in [0.25, 0.3) is 0 Å². The van der Waals surface area contributed by atoms with Crippen molar-refractivity contribution in [3.05, 3.63) is 35.6 Å². The van der Waals surface area contributed by atoms with E-state index in [1.54, 1.807) is 12.1 Å². The Morgan fingerprint density at radius 3 is 2.41 bits per heavy atom. The highest BCUT2D eigenvalue weighted by molar-refractivity contribution is 5.31. The molecule has 2 rings (SSSR count). The number of nitriles is 1. The second-order valence-corrected chi connectivity index (χ2v) is 4.43. The van der Waals surface area contributed by atoms with Crippen LogP contribution in [0.3, 0.4) is 0 Å². The second-order valence-electron chi connectivity index (χ2n) is 4.43. The molecule has 0 saturated carbocycles. The van der Waals surface area contributed by atoms with Gasteiger partial charge in [0.1, 0.15) is 11.4 Å². The van der Waals surface area contributed by atoms with E-state index < -0.39 is 5.54 Å². The maximum atomic E-state index is 12.9. The normalized spacial score (nSPS) is 20.5. The fourth-order valence-corrected chi connectivity index (χ4v) is 2.20. The highest BCUT2D eigenvalue weighted by atomic mass is 19.1. The smallest absolute Gasteiger partial charge is 0.132 e. The Morgan fingerprint density at radius 1 is 1.29 bits per heavy atom. The Hall–Kier alpha value is -1.44. The zero-order valence-corrected chi connectivity index (χ0v) is 9.91. The number of rotatable bonds is 2. The van der Waals surface area contributed by atoms with Gasteiger partial charge in [0.2, 0.25) is 0 Å². The summed E-state index contributed by atoms with van der Waals surface area (Å²) in [5, 5.41) is 12.7. The summed E-state index contributed by atoms with van der Waals surface area (Å²) in [7, 11) is 0. The first-order valence-electron chi connectivity index (χ1n) is 5.80. The Morgan fingerprint density at radius 2 is 1.88 bits per heavy atom. The summed E-state index contributed by atoms with van der Waals surface area (Å²) < 4.78 is 12.9. The van der Waals surface area contributed by atoms with Gasteiger partial charge in [-0.25, -0.2) is 4.39 Å². The van der Waals surface area contributed by atoms with Crippen molar-refractivity contribution >= 4 is 0 Å². The third kappa shape index (κ3) is 2.31. The Kier molecular flexibility index (Phi) is 3.41. The molecule has 1 saturated heterocycles. The first-order valence-corrected chi connectivity index (χ1v) is 5.80. The van der Waals surface area contributed by atoms with Gasteiger partial charge < -0.3 is 5.32 Å². The van der Waals surface area contributed by atoms with E-state index in [4.69, 9.17) is 0 Å². The van der Waals surface area contributed by atoms with E-state index in [0.29, 0.717) is 0 Å². The SMILES string of the molecule is CC(C#N)(c1ccc(F)cc1)N1CCNCC1. The Balaban J connectivity index is 2.30. The van der Waals surface area contributed by atoms with Crippen molar-refractivity contribution in [2.45, 2.75) is 12.5 Å². The number of nitrogens with one attached hydrogen (secondary N) is 1. The van der Waals surface area contributed by atoms with E-state index in [2.05, 4.69) is 16.3 Å². The van der Waals surface area contributed by atoms with Gasteiger partial charge in [-0.3, -0.25) is 4.90 Å². The number of hydrogen-bond donors (Lipinski definition) is 1. The van der Waals surface area contributed by atoms with Crippen LogP contribution in [-0.4, -0.2) is 31.1 Å². The van der Waals surface area contributed by atoms with E-state index in [0.717, 1.165) is 31.7 Å². The van der Waals surface area contributed by atoms with Crippen molar-refractivity contribution in [3.63, 3.8) is 0 Å². The van der Waals surface area contributed by atoms with Gasteiger partial charge in [-0.15, -0.1) is 0 Å². The van der Waals surface area contributed by atoms with Gasteiger partial charge >= 0.3 is 0 Å². The van der Waals surface area contributed by atoms with Crippen molar-refractivity contribution in [2.75, 3.05) is 26.2 Å². The predicted molar refractivity (Wildman–Crippen MR) is 63.8 cm³/mol. The maximum Gasteiger partial charge on any atom is 0.132 e. The molecule has 0 aliphatic carbocycles.